The SMILES string of the molecule is CC(c1ccc(NC(=O)c2ccc(OCC(=O)O)cc2)cc1)N1CCOCC1. The van der Waals surface area contributed by atoms with Crippen molar-refractivity contribution in [2.24, 2.45) is 0 Å². The molecule has 7 nitrogen and oxygen atoms in total. The molecule has 2 aromatic carbocycles. The Balaban J connectivity index is 1.57. The molecule has 1 aliphatic heterocycles. The van der Waals surface area contributed by atoms with Crippen LogP contribution in [0.4, 0.5) is 5.69 Å². The van der Waals surface area contributed by atoms with Crippen LogP contribution >= 0.6 is 0 Å². The quantitative estimate of drug-likeness (QED) is 0.763. The van der Waals surface area contributed by atoms with Gasteiger partial charge >= 0.3 is 5.97 Å². The lowest BCUT2D eigenvalue weighted by Crippen LogP contribution is -2.37. The Morgan fingerprint density at radius 3 is 2.36 bits per heavy atom. The second kappa shape index (κ2) is 9.34. The number of carbonyl (C=O) groups excluding carboxylic acids is 1. The highest BCUT2D eigenvalue weighted by atomic mass is 16.5. The van der Waals surface area contributed by atoms with Crippen LogP contribution in [0, 0.1) is 0 Å². The fourth-order valence-electron chi connectivity index (χ4n) is 3.07. The lowest BCUT2D eigenvalue weighted by Gasteiger charge is -2.32. The van der Waals surface area contributed by atoms with Crippen molar-refractivity contribution < 1.29 is 24.2 Å². The first-order chi connectivity index (χ1) is 13.5. The first-order valence-electron chi connectivity index (χ1n) is 9.20. The Kier molecular flexibility index (Phi) is 6.62. The van der Waals surface area contributed by atoms with E-state index in [1.54, 1.807) is 24.3 Å². The number of carboxylic acid groups (broad SMARTS) is 1. The smallest absolute Gasteiger partial charge is 0.341 e. The zero-order valence-electron chi connectivity index (χ0n) is 15.8. The highest BCUT2D eigenvalue weighted by Crippen LogP contribution is 2.23. The number of morpholine rings is 1. The molecule has 1 aliphatic rings. The van der Waals surface area contributed by atoms with Gasteiger partial charge in [0.1, 0.15) is 5.75 Å². The number of nitrogens with one attached hydrogen (secondary N) is 1. The van der Waals surface area contributed by atoms with Gasteiger partial charge in [0.05, 0.1) is 13.2 Å². The van der Waals surface area contributed by atoms with Gasteiger partial charge in [0.25, 0.3) is 5.91 Å². The maximum absolute atomic E-state index is 12.4. The van der Waals surface area contributed by atoms with Crippen LogP contribution in [-0.4, -0.2) is 54.8 Å². The topological polar surface area (TPSA) is 88.1 Å². The molecule has 1 fully saturated rings. The molecule has 1 unspecified atom stereocenters. The number of benzene rings is 2. The van der Waals surface area contributed by atoms with E-state index in [1.165, 1.54) is 5.56 Å². The van der Waals surface area contributed by atoms with Crippen LogP contribution < -0.4 is 10.1 Å². The van der Waals surface area contributed by atoms with Crippen molar-refractivity contribution in [2.75, 3.05) is 38.2 Å². The minimum absolute atomic E-state index is 0.237. The third kappa shape index (κ3) is 5.31. The Morgan fingerprint density at radius 1 is 1.11 bits per heavy atom. The number of carboxylic acids is 1. The lowest BCUT2D eigenvalue weighted by atomic mass is 10.1. The van der Waals surface area contributed by atoms with Crippen LogP contribution in [0.3, 0.4) is 0 Å². The third-order valence-electron chi connectivity index (χ3n) is 4.72. The highest BCUT2D eigenvalue weighted by molar-refractivity contribution is 6.04. The Labute approximate surface area is 163 Å². The van der Waals surface area contributed by atoms with Crippen LogP contribution in [0.1, 0.15) is 28.9 Å². The molecule has 1 amide bonds. The van der Waals surface area contributed by atoms with E-state index in [9.17, 15) is 9.59 Å². The molecule has 148 valence electrons. The van der Waals surface area contributed by atoms with Crippen molar-refractivity contribution in [3.05, 3.63) is 59.7 Å². The van der Waals surface area contributed by atoms with E-state index in [1.807, 2.05) is 24.3 Å². The van der Waals surface area contributed by atoms with Crippen molar-refractivity contribution in [1.82, 2.24) is 4.90 Å². The molecule has 3 rings (SSSR count). The van der Waals surface area contributed by atoms with Gasteiger partial charge in [-0.25, -0.2) is 4.79 Å². The van der Waals surface area contributed by atoms with Crippen molar-refractivity contribution in [1.29, 1.82) is 0 Å². The molecule has 28 heavy (non-hydrogen) atoms. The number of anilines is 1. The first-order valence-corrected chi connectivity index (χ1v) is 9.20. The lowest BCUT2D eigenvalue weighted by molar-refractivity contribution is -0.139. The van der Waals surface area contributed by atoms with Crippen LogP contribution in [0.2, 0.25) is 0 Å². The van der Waals surface area contributed by atoms with E-state index < -0.39 is 12.6 Å². The summed E-state index contributed by atoms with van der Waals surface area (Å²) in [5.74, 6) is -0.882. The average molecular weight is 384 g/mol. The minimum atomic E-state index is -1.05. The Morgan fingerprint density at radius 2 is 1.75 bits per heavy atom. The molecular formula is C21H24N2O5. The molecule has 0 aromatic heterocycles. The van der Waals surface area contributed by atoms with Crippen molar-refractivity contribution in [3.63, 3.8) is 0 Å². The predicted octanol–water partition coefficient (Wildman–Crippen LogP) is 2.80. The number of nitrogens with zero attached hydrogens (tertiary/aromatic N) is 1. The van der Waals surface area contributed by atoms with Gasteiger partial charge in [0.2, 0.25) is 0 Å². The van der Waals surface area contributed by atoms with Gasteiger partial charge in [-0.05, 0) is 48.9 Å². The summed E-state index contributed by atoms with van der Waals surface area (Å²) in [5.41, 5.74) is 2.38. The fraction of sp³-hybridized carbons (Fsp3) is 0.333. The average Bonchev–Trinajstić information content (AvgIpc) is 2.73. The second-order valence-corrected chi connectivity index (χ2v) is 6.61. The van der Waals surface area contributed by atoms with Crippen molar-refractivity contribution >= 4 is 17.6 Å². The van der Waals surface area contributed by atoms with Gasteiger partial charge in [-0.3, -0.25) is 9.69 Å². The molecule has 0 bridgehead atoms. The first kappa shape index (κ1) is 19.9. The highest BCUT2D eigenvalue weighted by Gasteiger charge is 2.18. The standard InChI is InChI=1S/C21H24N2O5/c1-15(23-10-12-27-13-11-23)16-2-6-18(7-3-16)22-21(26)17-4-8-19(9-5-17)28-14-20(24)25/h2-9,15H,10-14H2,1H3,(H,22,26)(H,24,25). The van der Waals surface area contributed by atoms with E-state index in [-0.39, 0.29) is 5.91 Å². The van der Waals surface area contributed by atoms with E-state index in [2.05, 4.69) is 17.1 Å². The largest absolute Gasteiger partial charge is 0.482 e. The number of aliphatic carboxylic acids is 1. The summed E-state index contributed by atoms with van der Waals surface area (Å²) in [6, 6.07) is 14.5. The molecule has 1 atom stereocenters. The summed E-state index contributed by atoms with van der Waals surface area (Å²) in [4.78, 5) is 25.3. The molecule has 0 aliphatic carbocycles. The number of rotatable bonds is 7. The molecule has 1 heterocycles. The monoisotopic (exact) mass is 384 g/mol. The van der Waals surface area contributed by atoms with Crippen LogP contribution in [-0.2, 0) is 9.53 Å². The summed E-state index contributed by atoms with van der Waals surface area (Å²) in [6.07, 6.45) is 0. The summed E-state index contributed by atoms with van der Waals surface area (Å²) < 4.78 is 10.5. The zero-order chi connectivity index (χ0) is 19.9. The molecule has 7 heteroatoms. The fourth-order valence-corrected chi connectivity index (χ4v) is 3.07. The Hall–Kier alpha value is -2.90. The summed E-state index contributed by atoms with van der Waals surface area (Å²) in [6.45, 7) is 5.13. The van der Waals surface area contributed by atoms with Gasteiger partial charge in [-0.2, -0.15) is 0 Å². The number of hydrogen-bond donors (Lipinski definition) is 2. The number of ether oxygens (including phenoxy) is 2. The van der Waals surface area contributed by atoms with Crippen LogP contribution in [0.15, 0.2) is 48.5 Å². The summed E-state index contributed by atoms with van der Waals surface area (Å²) >= 11 is 0. The zero-order valence-corrected chi connectivity index (χ0v) is 15.8. The predicted molar refractivity (Wildman–Crippen MR) is 105 cm³/mol. The minimum Gasteiger partial charge on any atom is -0.482 e. The normalized spacial score (nSPS) is 15.6. The molecule has 1 saturated heterocycles. The van der Waals surface area contributed by atoms with Gasteiger partial charge < -0.3 is 19.9 Å². The Bertz CT molecular complexity index is 799. The van der Waals surface area contributed by atoms with Crippen LogP contribution in [0.25, 0.3) is 0 Å². The molecular weight excluding hydrogens is 360 g/mol. The number of amides is 1. The van der Waals surface area contributed by atoms with E-state index >= 15 is 0 Å². The van der Waals surface area contributed by atoms with Gasteiger partial charge in [0, 0.05) is 30.4 Å². The van der Waals surface area contributed by atoms with E-state index in [0.717, 1.165) is 26.3 Å². The van der Waals surface area contributed by atoms with Gasteiger partial charge in [-0.15, -0.1) is 0 Å². The van der Waals surface area contributed by atoms with Gasteiger partial charge in [-0.1, -0.05) is 12.1 Å². The maximum Gasteiger partial charge on any atom is 0.341 e. The summed E-state index contributed by atoms with van der Waals surface area (Å²) in [5, 5.41) is 11.5. The molecule has 2 aromatic rings. The molecule has 2 N–H and O–H groups in total. The molecule has 0 radical (unpaired) electrons. The van der Waals surface area contributed by atoms with Gasteiger partial charge in [0.15, 0.2) is 6.61 Å². The third-order valence-corrected chi connectivity index (χ3v) is 4.72. The summed E-state index contributed by atoms with van der Waals surface area (Å²) in [7, 11) is 0. The van der Waals surface area contributed by atoms with Crippen molar-refractivity contribution in [3.8, 4) is 5.75 Å². The molecule has 0 saturated carbocycles. The van der Waals surface area contributed by atoms with Crippen molar-refractivity contribution in [2.45, 2.75) is 13.0 Å². The number of hydrogen-bond acceptors (Lipinski definition) is 5. The molecule has 0 spiro atoms. The second-order valence-electron chi connectivity index (χ2n) is 6.61. The number of carbonyl (C=O) groups is 2. The maximum atomic E-state index is 12.4. The van der Waals surface area contributed by atoms with E-state index in [4.69, 9.17) is 14.6 Å². The van der Waals surface area contributed by atoms with Crippen LogP contribution in [0.5, 0.6) is 5.75 Å². The van der Waals surface area contributed by atoms with E-state index in [0.29, 0.717) is 23.0 Å².